The van der Waals surface area contributed by atoms with Crippen LogP contribution < -0.4 is 10.1 Å². The largest absolute Gasteiger partial charge is 0.482 e. The molecule has 28 heavy (non-hydrogen) atoms. The third-order valence-electron chi connectivity index (χ3n) is 4.16. The summed E-state index contributed by atoms with van der Waals surface area (Å²) in [6.45, 7) is 1.74. The normalized spacial score (nSPS) is 12.6. The fraction of sp³-hybridized carbons (Fsp3) is 0.350. The molecule has 2 aromatic carbocycles. The molecule has 8 heteroatoms. The van der Waals surface area contributed by atoms with E-state index in [1.54, 1.807) is 0 Å². The second kappa shape index (κ2) is 9.91. The molecule has 0 aliphatic carbocycles. The molecule has 1 N–H and O–H groups in total. The number of aryl methyl sites for hydroxylation is 1. The lowest BCUT2D eigenvalue weighted by molar-refractivity contribution is -0.123. The summed E-state index contributed by atoms with van der Waals surface area (Å²) in [6.07, 6.45) is 1.68. The van der Waals surface area contributed by atoms with Gasteiger partial charge >= 0.3 is 0 Å². The van der Waals surface area contributed by atoms with Gasteiger partial charge < -0.3 is 10.1 Å². The van der Waals surface area contributed by atoms with E-state index < -0.39 is 10.0 Å². The van der Waals surface area contributed by atoms with Crippen molar-refractivity contribution in [3.05, 3.63) is 59.1 Å². The van der Waals surface area contributed by atoms with E-state index >= 15 is 0 Å². The number of nitrogens with zero attached hydrogens (tertiary/aromatic N) is 1. The van der Waals surface area contributed by atoms with Gasteiger partial charge in [-0.1, -0.05) is 41.9 Å². The Morgan fingerprint density at radius 1 is 1.18 bits per heavy atom. The molecule has 0 fully saturated rings. The molecule has 0 aromatic heterocycles. The predicted octanol–water partition coefficient (Wildman–Crippen LogP) is 3.11. The van der Waals surface area contributed by atoms with Crippen LogP contribution in [0.4, 0.5) is 0 Å². The highest BCUT2D eigenvalue weighted by Crippen LogP contribution is 2.28. The Morgan fingerprint density at radius 3 is 2.46 bits per heavy atom. The molecule has 0 aliphatic rings. The van der Waals surface area contributed by atoms with Gasteiger partial charge in [0.15, 0.2) is 6.61 Å². The smallest absolute Gasteiger partial charge is 0.258 e. The van der Waals surface area contributed by atoms with Crippen molar-refractivity contribution in [2.24, 2.45) is 0 Å². The van der Waals surface area contributed by atoms with E-state index in [0.29, 0.717) is 0 Å². The van der Waals surface area contributed by atoms with Gasteiger partial charge in [0.25, 0.3) is 5.91 Å². The van der Waals surface area contributed by atoms with Gasteiger partial charge in [-0.2, -0.15) is 0 Å². The number of hydrogen-bond acceptors (Lipinski definition) is 4. The maximum atomic E-state index is 12.1. The van der Waals surface area contributed by atoms with E-state index in [1.807, 2.05) is 25.1 Å². The number of carbonyl (C=O) groups excluding carboxylic acids is 1. The summed E-state index contributed by atoms with van der Waals surface area (Å²) in [5, 5.41) is 3.01. The lowest BCUT2D eigenvalue weighted by Gasteiger charge is -2.15. The van der Waals surface area contributed by atoms with Gasteiger partial charge in [-0.25, -0.2) is 12.7 Å². The molecule has 0 bridgehead atoms. The minimum Gasteiger partial charge on any atom is -0.482 e. The predicted molar refractivity (Wildman–Crippen MR) is 110 cm³/mol. The molecule has 0 radical (unpaired) electrons. The van der Waals surface area contributed by atoms with Crippen molar-refractivity contribution in [2.75, 3.05) is 20.7 Å². The van der Waals surface area contributed by atoms with Crippen molar-refractivity contribution in [2.45, 2.75) is 30.7 Å². The molecule has 0 unspecified atom stereocenters. The van der Waals surface area contributed by atoms with Crippen molar-refractivity contribution >= 4 is 27.5 Å². The van der Waals surface area contributed by atoms with Gasteiger partial charge in [0.2, 0.25) is 10.0 Å². The molecule has 1 amide bonds. The summed E-state index contributed by atoms with van der Waals surface area (Å²) in [6, 6.07) is 14.2. The van der Waals surface area contributed by atoms with Crippen molar-refractivity contribution < 1.29 is 17.9 Å². The van der Waals surface area contributed by atoms with Crippen molar-refractivity contribution in [3.63, 3.8) is 0 Å². The maximum absolute atomic E-state index is 12.1. The third kappa shape index (κ3) is 6.22. The average Bonchev–Trinajstić information content (AvgIpc) is 2.66. The molecule has 2 aromatic rings. The zero-order valence-corrected chi connectivity index (χ0v) is 17.8. The zero-order valence-electron chi connectivity index (χ0n) is 16.2. The Morgan fingerprint density at radius 2 is 1.86 bits per heavy atom. The topological polar surface area (TPSA) is 75.7 Å². The Labute approximate surface area is 171 Å². The van der Waals surface area contributed by atoms with Crippen molar-refractivity contribution in [3.8, 4) is 5.75 Å². The van der Waals surface area contributed by atoms with Crippen molar-refractivity contribution in [1.29, 1.82) is 0 Å². The molecule has 0 heterocycles. The van der Waals surface area contributed by atoms with Crippen LogP contribution in [-0.2, 0) is 21.2 Å². The van der Waals surface area contributed by atoms with Crippen LogP contribution in [0.5, 0.6) is 5.75 Å². The first kappa shape index (κ1) is 22.2. The quantitative estimate of drug-likeness (QED) is 0.671. The van der Waals surface area contributed by atoms with Gasteiger partial charge in [0.05, 0.1) is 9.92 Å². The number of hydrogen-bond donors (Lipinski definition) is 1. The standard InChI is InChI=1S/C20H25ClN2O4S/c1-15(9-10-16-7-5-4-6-8-16)22-20(24)14-27-19-12-11-17(13-18(19)21)28(25,26)23(2)3/h4-8,11-13,15H,9-10,14H2,1-3H3,(H,22,24)/t15-/m1/s1. The lowest BCUT2D eigenvalue weighted by atomic mass is 10.1. The first-order valence-electron chi connectivity index (χ1n) is 8.88. The minimum atomic E-state index is -3.58. The van der Waals surface area contributed by atoms with Crippen LogP contribution in [0.25, 0.3) is 0 Å². The first-order chi connectivity index (χ1) is 13.2. The number of sulfonamides is 1. The summed E-state index contributed by atoms with van der Waals surface area (Å²) in [5.41, 5.74) is 1.22. The van der Waals surface area contributed by atoms with E-state index in [0.717, 1.165) is 17.1 Å². The number of carbonyl (C=O) groups is 1. The maximum Gasteiger partial charge on any atom is 0.258 e. The minimum absolute atomic E-state index is 0.000566. The molecule has 152 valence electrons. The van der Waals surface area contributed by atoms with E-state index in [-0.39, 0.29) is 34.2 Å². The summed E-state index contributed by atoms with van der Waals surface area (Å²) in [7, 11) is -0.696. The molecule has 6 nitrogen and oxygen atoms in total. The molecular weight excluding hydrogens is 400 g/mol. The van der Waals surface area contributed by atoms with Crippen LogP contribution in [-0.4, -0.2) is 45.4 Å². The van der Waals surface area contributed by atoms with Crippen LogP contribution in [0.15, 0.2) is 53.4 Å². The van der Waals surface area contributed by atoms with Gasteiger partial charge in [0, 0.05) is 20.1 Å². The highest BCUT2D eigenvalue weighted by molar-refractivity contribution is 7.89. The molecule has 0 aliphatic heterocycles. The SMILES string of the molecule is C[C@H](CCc1ccccc1)NC(=O)COc1ccc(S(=O)(=O)N(C)C)cc1Cl. The average molecular weight is 425 g/mol. The molecule has 2 rings (SSSR count). The highest BCUT2D eigenvalue weighted by atomic mass is 35.5. The summed E-state index contributed by atoms with van der Waals surface area (Å²) in [5.74, 6) is -0.00641. The number of amides is 1. The summed E-state index contributed by atoms with van der Waals surface area (Å²) < 4.78 is 30.8. The third-order valence-corrected chi connectivity index (χ3v) is 6.26. The van der Waals surface area contributed by atoms with E-state index in [4.69, 9.17) is 16.3 Å². The van der Waals surface area contributed by atoms with E-state index in [1.165, 1.54) is 37.9 Å². The summed E-state index contributed by atoms with van der Waals surface area (Å²) in [4.78, 5) is 12.1. The van der Waals surface area contributed by atoms with E-state index in [2.05, 4.69) is 17.4 Å². The fourth-order valence-corrected chi connectivity index (χ4v) is 3.76. The van der Waals surface area contributed by atoms with Crippen LogP contribution >= 0.6 is 11.6 Å². The van der Waals surface area contributed by atoms with Gasteiger partial charge in [0.1, 0.15) is 5.75 Å². The van der Waals surface area contributed by atoms with E-state index in [9.17, 15) is 13.2 Å². The number of benzene rings is 2. The van der Waals surface area contributed by atoms with Crippen LogP contribution in [0.3, 0.4) is 0 Å². The lowest BCUT2D eigenvalue weighted by Crippen LogP contribution is -2.36. The number of nitrogens with one attached hydrogen (secondary N) is 1. The van der Waals surface area contributed by atoms with Crippen LogP contribution in [0, 0.1) is 0 Å². The molecule has 0 saturated carbocycles. The Kier molecular flexibility index (Phi) is 7.86. The van der Waals surface area contributed by atoms with Gasteiger partial charge in [-0.15, -0.1) is 0 Å². The molecule has 0 spiro atoms. The summed E-state index contributed by atoms with van der Waals surface area (Å²) >= 11 is 6.11. The Balaban J connectivity index is 1.85. The molecular formula is C20H25ClN2O4S. The monoisotopic (exact) mass is 424 g/mol. The molecule has 0 saturated heterocycles. The first-order valence-corrected chi connectivity index (χ1v) is 10.7. The van der Waals surface area contributed by atoms with Gasteiger partial charge in [-0.05, 0) is 43.5 Å². The van der Waals surface area contributed by atoms with Gasteiger partial charge in [-0.3, -0.25) is 4.79 Å². The fourth-order valence-electron chi connectivity index (χ4n) is 2.53. The highest BCUT2D eigenvalue weighted by Gasteiger charge is 2.19. The second-order valence-corrected chi connectivity index (χ2v) is 9.22. The zero-order chi connectivity index (χ0) is 20.7. The number of halogens is 1. The number of rotatable bonds is 9. The van der Waals surface area contributed by atoms with Crippen LogP contribution in [0.2, 0.25) is 5.02 Å². The number of ether oxygens (including phenoxy) is 1. The van der Waals surface area contributed by atoms with Crippen LogP contribution in [0.1, 0.15) is 18.9 Å². The molecule has 1 atom stereocenters. The van der Waals surface area contributed by atoms with Crippen molar-refractivity contribution in [1.82, 2.24) is 9.62 Å². The Bertz CT molecular complexity index is 902. The Hall–Kier alpha value is -2.09. The second-order valence-electron chi connectivity index (χ2n) is 6.66.